The average molecular weight is 613 g/mol. The van der Waals surface area contributed by atoms with Gasteiger partial charge >= 0.3 is 11.9 Å². The molecule has 0 amide bonds. The first-order valence-corrected chi connectivity index (χ1v) is 18.3. The van der Waals surface area contributed by atoms with Crippen LogP contribution in [0.4, 0.5) is 0 Å². The van der Waals surface area contributed by atoms with Gasteiger partial charge in [0.15, 0.2) is 0 Å². The van der Waals surface area contributed by atoms with Gasteiger partial charge in [-0.25, -0.2) is 0 Å². The fourth-order valence-corrected chi connectivity index (χ4v) is 5.08. The van der Waals surface area contributed by atoms with Crippen molar-refractivity contribution in [2.45, 2.75) is 180 Å². The highest BCUT2D eigenvalue weighted by Crippen LogP contribution is 2.17. The number of allylic oxidation sites excluding steroid dienone is 10. The fraction of sp³-hybridized carbons (Fsp3) is 0.700. The third-order valence-electron chi connectivity index (χ3n) is 7.75. The van der Waals surface area contributed by atoms with E-state index in [-0.39, 0.29) is 12.1 Å². The van der Waals surface area contributed by atoms with Gasteiger partial charge < -0.3 is 9.84 Å². The number of carbonyl (C=O) groups is 2. The number of carboxylic acid groups (broad SMARTS) is 1. The van der Waals surface area contributed by atoms with Crippen LogP contribution in [0.2, 0.25) is 0 Å². The monoisotopic (exact) mass is 613 g/mol. The molecule has 0 saturated heterocycles. The van der Waals surface area contributed by atoms with Crippen LogP contribution < -0.4 is 0 Å². The van der Waals surface area contributed by atoms with Crippen LogP contribution in [0.25, 0.3) is 0 Å². The van der Waals surface area contributed by atoms with Crippen molar-refractivity contribution in [3.63, 3.8) is 0 Å². The standard InChI is InChI=1S/C40H68O4/c1-3-5-7-8-9-10-11-12-13-14-15-16-17-18-19-24-27-30-33-37-40(43)44-38(34-6-4-2)35-31-28-25-22-20-21-23-26-29-32-36-39(41)42/h5,7,9-10,12-13,15-16,18-19,38H,3-4,6,8,11,14,17,20-37H2,1-2H3,(H,41,42)/b7-5-,10-9-,13-12-,16-15-,19-18-. The molecule has 0 radical (unpaired) electrons. The Hall–Kier alpha value is -2.36. The number of aliphatic carboxylic acids is 1. The molecule has 0 aliphatic carbocycles. The average Bonchev–Trinajstić information content (AvgIpc) is 3.01. The molecule has 0 aromatic carbocycles. The Morgan fingerprint density at radius 3 is 1.48 bits per heavy atom. The van der Waals surface area contributed by atoms with Gasteiger partial charge in [0.2, 0.25) is 0 Å². The molecule has 0 aromatic heterocycles. The minimum atomic E-state index is -0.680. The predicted octanol–water partition coefficient (Wildman–Crippen LogP) is 12.6. The summed E-state index contributed by atoms with van der Waals surface area (Å²) in [6.45, 7) is 4.36. The van der Waals surface area contributed by atoms with E-state index < -0.39 is 5.97 Å². The highest BCUT2D eigenvalue weighted by molar-refractivity contribution is 5.69. The van der Waals surface area contributed by atoms with Crippen molar-refractivity contribution < 1.29 is 19.4 Å². The molecule has 0 heterocycles. The van der Waals surface area contributed by atoms with Crippen LogP contribution in [-0.4, -0.2) is 23.1 Å². The number of hydrogen-bond acceptors (Lipinski definition) is 3. The van der Waals surface area contributed by atoms with Gasteiger partial charge in [-0.2, -0.15) is 0 Å². The summed E-state index contributed by atoms with van der Waals surface area (Å²) >= 11 is 0. The number of unbranched alkanes of at least 4 members (excludes halogenated alkanes) is 13. The first-order chi connectivity index (χ1) is 21.6. The zero-order valence-corrected chi connectivity index (χ0v) is 28.7. The predicted molar refractivity (Wildman–Crippen MR) is 190 cm³/mol. The van der Waals surface area contributed by atoms with Crippen LogP contribution in [0.3, 0.4) is 0 Å². The molecule has 0 rings (SSSR count). The Bertz CT molecular complexity index is 789. The first-order valence-electron chi connectivity index (χ1n) is 18.3. The molecule has 0 aliphatic rings. The molecule has 1 N–H and O–H groups in total. The molecular formula is C40H68O4. The highest BCUT2D eigenvalue weighted by atomic mass is 16.5. The number of ether oxygens (including phenoxy) is 1. The SMILES string of the molecule is CC/C=C\C/C=C\C/C=C\C/C=C\C/C=C\CCCCCC(=O)OC(CCCC)CCCCCCCCCCCCC(=O)O. The molecule has 1 unspecified atom stereocenters. The fourth-order valence-electron chi connectivity index (χ4n) is 5.08. The van der Waals surface area contributed by atoms with E-state index in [4.69, 9.17) is 9.84 Å². The van der Waals surface area contributed by atoms with Gasteiger partial charge in [-0.05, 0) is 77.0 Å². The van der Waals surface area contributed by atoms with Crippen LogP contribution in [0.1, 0.15) is 174 Å². The minimum absolute atomic E-state index is 0.00987. The number of esters is 1. The van der Waals surface area contributed by atoms with Gasteiger partial charge in [0, 0.05) is 12.8 Å². The lowest BCUT2D eigenvalue weighted by Crippen LogP contribution is -2.18. The van der Waals surface area contributed by atoms with Crippen molar-refractivity contribution in [2.24, 2.45) is 0 Å². The Kier molecular flexibility index (Phi) is 33.2. The summed E-state index contributed by atoms with van der Waals surface area (Å²) < 4.78 is 5.89. The smallest absolute Gasteiger partial charge is 0.306 e. The van der Waals surface area contributed by atoms with E-state index in [1.54, 1.807) is 0 Å². The molecule has 252 valence electrons. The second-order valence-corrected chi connectivity index (χ2v) is 12.0. The topological polar surface area (TPSA) is 63.6 Å². The van der Waals surface area contributed by atoms with Gasteiger partial charge in [-0.3, -0.25) is 9.59 Å². The maximum Gasteiger partial charge on any atom is 0.306 e. The summed E-state index contributed by atoms with van der Waals surface area (Å²) in [5.74, 6) is -0.690. The van der Waals surface area contributed by atoms with E-state index in [1.165, 1.54) is 38.5 Å². The minimum Gasteiger partial charge on any atom is -0.481 e. The first kappa shape index (κ1) is 41.6. The molecule has 0 aliphatic heterocycles. The third-order valence-corrected chi connectivity index (χ3v) is 7.75. The van der Waals surface area contributed by atoms with Crippen LogP contribution >= 0.6 is 0 Å². The summed E-state index contributed by atoms with van der Waals surface area (Å²) in [4.78, 5) is 23.0. The summed E-state index contributed by atoms with van der Waals surface area (Å²) in [5, 5.41) is 8.67. The molecule has 0 aromatic rings. The zero-order chi connectivity index (χ0) is 32.2. The lowest BCUT2D eigenvalue weighted by Gasteiger charge is -2.18. The van der Waals surface area contributed by atoms with Gasteiger partial charge in [-0.1, -0.05) is 145 Å². The molecular weight excluding hydrogens is 544 g/mol. The molecule has 44 heavy (non-hydrogen) atoms. The van der Waals surface area contributed by atoms with E-state index in [9.17, 15) is 9.59 Å². The summed E-state index contributed by atoms with van der Waals surface area (Å²) in [6.07, 6.45) is 48.5. The molecule has 4 heteroatoms. The number of carbonyl (C=O) groups excluding carboxylic acids is 1. The Morgan fingerprint density at radius 2 is 0.955 bits per heavy atom. The van der Waals surface area contributed by atoms with Crippen molar-refractivity contribution in [3.05, 3.63) is 60.8 Å². The van der Waals surface area contributed by atoms with Crippen LogP contribution in [0.15, 0.2) is 60.8 Å². The summed E-state index contributed by atoms with van der Waals surface area (Å²) in [6, 6.07) is 0. The van der Waals surface area contributed by atoms with E-state index in [2.05, 4.69) is 74.6 Å². The van der Waals surface area contributed by atoms with Crippen molar-refractivity contribution in [1.82, 2.24) is 0 Å². The molecule has 0 fully saturated rings. The largest absolute Gasteiger partial charge is 0.481 e. The zero-order valence-electron chi connectivity index (χ0n) is 28.7. The van der Waals surface area contributed by atoms with Crippen molar-refractivity contribution in [2.75, 3.05) is 0 Å². The van der Waals surface area contributed by atoms with E-state index in [1.807, 2.05) is 0 Å². The molecule has 0 saturated carbocycles. The number of hydrogen-bond donors (Lipinski definition) is 1. The van der Waals surface area contributed by atoms with Crippen molar-refractivity contribution >= 4 is 11.9 Å². The van der Waals surface area contributed by atoms with Gasteiger partial charge in [0.1, 0.15) is 6.10 Å². The Balaban J connectivity index is 3.77. The Morgan fingerprint density at radius 1 is 0.523 bits per heavy atom. The van der Waals surface area contributed by atoms with Crippen LogP contribution in [0.5, 0.6) is 0 Å². The lowest BCUT2D eigenvalue weighted by molar-refractivity contribution is -0.150. The summed E-state index contributed by atoms with van der Waals surface area (Å²) in [7, 11) is 0. The maximum absolute atomic E-state index is 12.5. The Labute approximate surface area is 272 Å². The van der Waals surface area contributed by atoms with Crippen molar-refractivity contribution in [3.8, 4) is 0 Å². The second-order valence-electron chi connectivity index (χ2n) is 12.0. The molecule has 4 nitrogen and oxygen atoms in total. The molecule has 0 spiro atoms. The second kappa shape index (κ2) is 35.1. The number of rotatable bonds is 32. The van der Waals surface area contributed by atoms with E-state index >= 15 is 0 Å². The van der Waals surface area contributed by atoms with Gasteiger partial charge in [0.25, 0.3) is 0 Å². The van der Waals surface area contributed by atoms with Gasteiger partial charge in [-0.15, -0.1) is 0 Å². The maximum atomic E-state index is 12.5. The van der Waals surface area contributed by atoms with Gasteiger partial charge in [0.05, 0.1) is 0 Å². The summed E-state index contributed by atoms with van der Waals surface area (Å²) in [5.41, 5.74) is 0. The third kappa shape index (κ3) is 34.1. The number of carboxylic acids is 1. The molecule has 1 atom stereocenters. The van der Waals surface area contributed by atoms with E-state index in [0.29, 0.717) is 12.8 Å². The van der Waals surface area contributed by atoms with Crippen LogP contribution in [-0.2, 0) is 14.3 Å². The lowest BCUT2D eigenvalue weighted by atomic mass is 10.0. The van der Waals surface area contributed by atoms with E-state index in [0.717, 1.165) is 109 Å². The normalized spacial score (nSPS) is 13.0. The van der Waals surface area contributed by atoms with Crippen molar-refractivity contribution in [1.29, 1.82) is 0 Å². The quantitative estimate of drug-likeness (QED) is 0.0466. The van der Waals surface area contributed by atoms with Crippen LogP contribution in [0, 0.1) is 0 Å². The highest BCUT2D eigenvalue weighted by Gasteiger charge is 2.13. The molecule has 0 bridgehead atoms.